The van der Waals surface area contributed by atoms with E-state index in [4.69, 9.17) is 243 Å². The largest absolute Gasteiger partial charge is 0.497 e. The molecule has 0 spiro atoms. The summed E-state index contributed by atoms with van der Waals surface area (Å²) in [5, 5.41) is 0. The van der Waals surface area contributed by atoms with Crippen LogP contribution < -0.4 is 18.9 Å². The molecule has 0 amide bonds. The number of benzene rings is 2. The molecule has 5 nitrogen and oxygen atoms in total. The van der Waals surface area contributed by atoms with Gasteiger partial charge in [-0.3, -0.25) is 4.90 Å². The van der Waals surface area contributed by atoms with E-state index in [1.807, 2.05) is 12.1 Å². The lowest BCUT2D eigenvalue weighted by Crippen LogP contribution is -2.96. The second-order valence-corrected chi connectivity index (χ2v) is 23.3. The number of nitrogens with zero attached hydrogens (tertiary/aromatic N) is 1. The molecule has 0 N–H and O–H groups in total. The molecular weight excluding hydrogens is 971 g/mol. The van der Waals surface area contributed by atoms with E-state index in [-0.39, 0.29) is 6.79 Å². The Morgan fingerprint density at radius 2 is 0.812 bits per heavy atom. The van der Waals surface area contributed by atoms with Crippen LogP contribution in [0.3, 0.4) is 0 Å². The standard InChI is InChI=1S/C23H29NO4.B57/c1-24-13-12-17-14-20-22(28-15-27-20)23(26-3)21(17)19(24)7-5-4-6-16-8-10-18(25-2)11-9-16;1-30-45(31(2)3)52(44(28)29)56(53(46(32(4)5)33(6)7)47(34(8)9)35(10)11)57(54(48(36(12)13)37(14)15)49(38(16)17)39(18)19)55(50(40(20)21)41(22)23)51(42(24)25)43(26)27/h8-11,14,19H,4-7,12-13,15H2,1-3H3;. The van der Waals surface area contributed by atoms with Gasteiger partial charge in [0.1, 0.15) is 5.75 Å². The molecule has 59 radical (unpaired) electrons. The molecule has 62 heteroatoms. The molecule has 85 heavy (non-hydrogen) atoms. The molecule has 2 aliphatic rings. The highest BCUT2D eigenvalue weighted by Crippen LogP contribution is 2.50. The highest BCUT2D eigenvalue weighted by Gasteiger charge is 2.62. The number of hydrogen-bond acceptors (Lipinski definition) is 5. The number of methoxy groups -OCH3 is 2. The third-order valence-corrected chi connectivity index (χ3v) is 17.7. The van der Waals surface area contributed by atoms with Gasteiger partial charge >= 0.3 is 0 Å². The topological polar surface area (TPSA) is 40.2 Å². The van der Waals surface area contributed by atoms with Crippen LogP contribution >= 0.6 is 0 Å². The molecule has 0 aliphatic carbocycles. The highest BCUT2D eigenvalue weighted by atomic mass is 16.7. The van der Waals surface area contributed by atoms with Gasteiger partial charge in [0, 0.05) is 422 Å². The summed E-state index contributed by atoms with van der Waals surface area (Å²) < 4.78 is 22.3. The van der Waals surface area contributed by atoms with Crippen molar-refractivity contribution in [2.75, 3.05) is 34.6 Å². The zero-order chi connectivity index (χ0) is 64.8. The molecule has 2 heterocycles. The molecule has 2 aromatic rings. The van der Waals surface area contributed by atoms with Gasteiger partial charge in [-0.05, 0) is 62.1 Å². The van der Waals surface area contributed by atoms with Crippen molar-refractivity contribution in [1.29, 1.82) is 0 Å². The molecule has 0 bridgehead atoms. The molecule has 4 rings (SSSR count). The fraction of sp³-hybridized carbons (Fsp3) is 0.478. The molecular formula is C23H29B57NO4. The van der Waals surface area contributed by atoms with Crippen molar-refractivity contribution < 1.29 is 18.9 Å². The number of fused-ring (bicyclic) bond motifs is 2. The summed E-state index contributed by atoms with van der Waals surface area (Å²) in [6.07, 6.45) is -31.3. The molecule has 2 aliphatic heterocycles. The summed E-state index contributed by atoms with van der Waals surface area (Å²) in [4.78, 5) is 2.44. The van der Waals surface area contributed by atoms with E-state index in [1.165, 1.54) is 23.1 Å². The fourth-order valence-electron chi connectivity index (χ4n) is 14.1. The van der Waals surface area contributed by atoms with Crippen LogP contribution in [0.5, 0.6) is 23.0 Å². The summed E-state index contributed by atoms with van der Waals surface area (Å²) in [7, 11) is 196. The van der Waals surface area contributed by atoms with Crippen molar-refractivity contribution >= 4 is 404 Å². The van der Waals surface area contributed by atoms with Gasteiger partial charge in [-0.2, -0.15) is 0 Å². The summed E-state index contributed by atoms with van der Waals surface area (Å²) in [5.41, 5.74) is 3.98. The normalized spacial score (nSPS) is 12.4. The summed E-state index contributed by atoms with van der Waals surface area (Å²) >= 11 is 0. The Hall–Kier alpha value is 1.30. The minimum absolute atomic E-state index is 0.275. The van der Waals surface area contributed by atoms with Gasteiger partial charge in [-0.1, -0.05) is 18.6 Å². The van der Waals surface area contributed by atoms with E-state index in [1.54, 1.807) is 14.2 Å². The predicted molar refractivity (Wildman–Crippen MR) is 437 cm³/mol. The van der Waals surface area contributed by atoms with Crippen molar-refractivity contribution in [2.24, 2.45) is 0 Å². The maximum absolute atomic E-state index is 6.76. The van der Waals surface area contributed by atoms with Crippen molar-refractivity contribution in [3.05, 3.63) is 47.0 Å². The monoisotopic (exact) mass is 1010 g/mol. The van der Waals surface area contributed by atoms with E-state index in [9.17, 15) is 0 Å². The average molecular weight is 1000 g/mol. The Balaban J connectivity index is 0.000000553. The molecule has 0 saturated heterocycles. The summed E-state index contributed by atoms with van der Waals surface area (Å²) in [5.74, 6) is 3.35. The number of rotatable bonds is 34. The van der Waals surface area contributed by atoms with E-state index >= 15 is 0 Å². The van der Waals surface area contributed by atoms with Gasteiger partial charge in [-0.15, -0.1) is 0 Å². The Morgan fingerprint density at radius 1 is 0.459 bits per heavy atom. The van der Waals surface area contributed by atoms with Crippen LogP contribution in [0.2, 0.25) is 0 Å². The SMILES string of the molecule is COc1ccc(CCCCC2c3c(cc4c(c3OC)OCO4)CCN2C)cc1.[B][B]B(B([B])[B])B(B([B])[B])B(B(B(B([B])[B])B([B])[B])B(B([B])[B])B([B])[B])B(B(B(B([B])[B])B([B])[B])B(B([B])[B])B([B])[B])B(B(B([B])[B])B([B])[B])B(B([B])[B])B([B])[B]. The molecule has 0 fully saturated rings. The zero-order valence-electron chi connectivity index (χ0n) is 49.9. The number of aryl methyl sites for hydroxylation is 1. The second-order valence-electron chi connectivity index (χ2n) is 23.3. The maximum atomic E-state index is 6.76. The molecule has 1 atom stereocenters. The van der Waals surface area contributed by atoms with Crippen molar-refractivity contribution in [3.8, 4) is 23.0 Å². The first-order chi connectivity index (χ1) is 39.7. The van der Waals surface area contributed by atoms with Crippen LogP contribution in [-0.2, 0) is 12.8 Å². The lowest BCUT2D eigenvalue weighted by Gasteiger charge is -2.58. The summed E-state index contributed by atoms with van der Waals surface area (Å²) in [6.45, 7) is 1.33. The number of hydrogen-bond donors (Lipinski definition) is 0. The zero-order valence-corrected chi connectivity index (χ0v) is 49.9. The summed E-state index contributed by atoms with van der Waals surface area (Å²) in [6, 6.07) is 10.9. The van der Waals surface area contributed by atoms with E-state index in [0.29, 0.717) is 6.04 Å². The van der Waals surface area contributed by atoms with Gasteiger partial charge in [0.15, 0.2) is 11.5 Å². The predicted octanol–water partition coefficient (Wildman–Crippen LogP) is -17.3. The van der Waals surface area contributed by atoms with Crippen molar-refractivity contribution in [2.45, 2.75) is 38.1 Å². The van der Waals surface area contributed by atoms with Crippen molar-refractivity contribution in [1.82, 2.24) is 4.90 Å². The first-order valence-electron chi connectivity index (χ1n) is 28.7. The minimum atomic E-state index is -1.46. The Labute approximate surface area is 565 Å². The van der Waals surface area contributed by atoms with Gasteiger partial charge < -0.3 is 18.9 Å². The van der Waals surface area contributed by atoms with Crippen LogP contribution in [0.25, 0.3) is 0 Å². The van der Waals surface area contributed by atoms with Crippen molar-refractivity contribution in [3.63, 3.8) is 0 Å². The van der Waals surface area contributed by atoms with Crippen LogP contribution in [0, 0.1) is 0 Å². The first kappa shape index (κ1) is 80.5. The van der Waals surface area contributed by atoms with Gasteiger partial charge in [0.2, 0.25) is 12.5 Å². The number of ether oxygens (including phenoxy) is 4. The third-order valence-electron chi connectivity index (χ3n) is 17.7. The smallest absolute Gasteiger partial charge is 0.231 e. The Morgan fingerprint density at radius 3 is 1.13 bits per heavy atom. The number of likely N-dealkylation sites (N-methyl/N-ethyl adjacent to an activating group) is 1. The lowest BCUT2D eigenvalue weighted by molar-refractivity contribution is 0.170. The molecule has 2 aromatic carbocycles. The maximum Gasteiger partial charge on any atom is 0.231 e. The average Bonchev–Trinajstić information content (AvgIpc) is 0.985. The van der Waals surface area contributed by atoms with Gasteiger partial charge in [-0.25, -0.2) is 0 Å². The van der Waals surface area contributed by atoms with Crippen LogP contribution in [-0.4, -0.2) is 443 Å². The van der Waals surface area contributed by atoms with Crippen LogP contribution in [0.1, 0.15) is 42.0 Å². The Kier molecular flexibility index (Phi) is 36.0. The first-order valence-corrected chi connectivity index (χ1v) is 28.7. The molecule has 1 unspecified atom stereocenters. The quantitative estimate of drug-likeness (QED) is 0.0516. The molecule has 321 valence electrons. The van der Waals surface area contributed by atoms with Gasteiger partial charge in [0.05, 0.1) is 14.2 Å². The number of unbranched alkanes of at least 4 members (excludes halogenated alkanes) is 1. The Bertz CT molecular complexity index is 2060. The minimum Gasteiger partial charge on any atom is -0.497 e. The second kappa shape index (κ2) is 38.0. The van der Waals surface area contributed by atoms with E-state index in [2.05, 4.69) is 30.1 Å². The highest BCUT2D eigenvalue weighted by molar-refractivity contribution is 8.37. The molecule has 0 saturated carbocycles. The fourth-order valence-corrected chi connectivity index (χ4v) is 14.1. The van der Waals surface area contributed by atoms with E-state index < -0.39 is 172 Å². The van der Waals surface area contributed by atoms with Crippen LogP contribution in [0.4, 0.5) is 0 Å². The van der Waals surface area contributed by atoms with Crippen LogP contribution in [0.15, 0.2) is 30.3 Å². The third kappa shape index (κ3) is 21.1. The lowest BCUT2D eigenvalue weighted by atomic mass is 8.23. The molecule has 0 aromatic heterocycles. The van der Waals surface area contributed by atoms with Gasteiger partial charge in [0.25, 0.3) is 0 Å². The van der Waals surface area contributed by atoms with E-state index in [0.717, 1.165) is 62.3 Å².